The number of nitrogens with one attached hydrogen (secondary N) is 1. The summed E-state index contributed by atoms with van der Waals surface area (Å²) in [6.07, 6.45) is 6.80. The van der Waals surface area contributed by atoms with Crippen molar-refractivity contribution in [2.75, 3.05) is 0 Å². The lowest BCUT2D eigenvalue weighted by Gasteiger charge is -2.23. The van der Waals surface area contributed by atoms with Crippen molar-refractivity contribution in [1.82, 2.24) is 20.1 Å². The van der Waals surface area contributed by atoms with Gasteiger partial charge in [-0.1, -0.05) is 32.1 Å². The number of hydrogen-bond acceptors (Lipinski definition) is 4. The lowest BCUT2D eigenvalue weighted by atomic mass is 9.85. The monoisotopic (exact) mass is 396 g/mol. The van der Waals surface area contributed by atoms with Gasteiger partial charge in [0.25, 0.3) is 0 Å². The zero-order chi connectivity index (χ0) is 21.2. The molecule has 0 unspecified atom stereocenters. The minimum absolute atomic E-state index is 0.0331. The van der Waals surface area contributed by atoms with E-state index in [1.54, 1.807) is 20.0 Å². The number of aryl methyl sites for hydroxylation is 1. The molecule has 0 aliphatic heterocycles. The molecule has 1 aliphatic rings. The molecule has 0 radical (unpaired) electrons. The summed E-state index contributed by atoms with van der Waals surface area (Å²) in [5.74, 6) is -0.0553. The standard InChI is InChI=1S/C22H28N4O3/c1-14-21(15(2)26(25-14)18-7-5-6-10-23-18)16-8-9-17(11-16)24-19(27)12-22(3,4)13-20(28)29/h5-10,16-17H,11-13H2,1-4H3,(H,24,27)(H,28,29)/t16-,17+/m0/s1. The summed E-state index contributed by atoms with van der Waals surface area (Å²) in [5, 5.41) is 16.7. The van der Waals surface area contributed by atoms with Crippen LogP contribution in [0.3, 0.4) is 0 Å². The Balaban J connectivity index is 1.66. The first-order valence-corrected chi connectivity index (χ1v) is 9.83. The van der Waals surface area contributed by atoms with Crippen LogP contribution in [0.4, 0.5) is 0 Å². The van der Waals surface area contributed by atoms with Crippen LogP contribution in [-0.2, 0) is 9.59 Å². The van der Waals surface area contributed by atoms with Crippen molar-refractivity contribution >= 4 is 11.9 Å². The maximum Gasteiger partial charge on any atom is 0.303 e. The second-order valence-corrected chi connectivity index (χ2v) is 8.50. The molecule has 1 aliphatic carbocycles. The van der Waals surface area contributed by atoms with E-state index in [1.807, 2.05) is 42.8 Å². The minimum Gasteiger partial charge on any atom is -0.481 e. The number of pyridine rings is 1. The Hall–Kier alpha value is -2.96. The lowest BCUT2D eigenvalue weighted by molar-refractivity contribution is -0.139. The number of carbonyl (C=O) groups is 2. The molecule has 0 aromatic carbocycles. The molecule has 2 heterocycles. The molecule has 3 rings (SSSR count). The molecule has 0 saturated heterocycles. The van der Waals surface area contributed by atoms with E-state index in [0.717, 1.165) is 29.2 Å². The Bertz CT molecular complexity index is 931. The van der Waals surface area contributed by atoms with Crippen LogP contribution in [0.2, 0.25) is 0 Å². The number of amides is 1. The number of nitrogens with zero attached hydrogens (tertiary/aromatic N) is 3. The second kappa shape index (κ2) is 8.19. The van der Waals surface area contributed by atoms with Gasteiger partial charge in [0.2, 0.25) is 5.91 Å². The Morgan fingerprint density at radius 1 is 1.24 bits per heavy atom. The highest BCUT2D eigenvalue weighted by molar-refractivity contribution is 5.78. The largest absolute Gasteiger partial charge is 0.481 e. The van der Waals surface area contributed by atoms with E-state index >= 15 is 0 Å². The molecular weight excluding hydrogens is 368 g/mol. The molecule has 2 N–H and O–H groups in total. The van der Waals surface area contributed by atoms with E-state index in [0.29, 0.717) is 0 Å². The molecule has 2 aromatic heterocycles. The van der Waals surface area contributed by atoms with Gasteiger partial charge in [0.05, 0.1) is 12.1 Å². The Morgan fingerprint density at radius 3 is 2.66 bits per heavy atom. The van der Waals surface area contributed by atoms with E-state index in [2.05, 4.69) is 21.5 Å². The molecule has 2 atom stereocenters. The number of hydrogen-bond donors (Lipinski definition) is 2. The zero-order valence-electron chi connectivity index (χ0n) is 17.3. The maximum absolute atomic E-state index is 12.4. The molecule has 1 amide bonds. The predicted octanol–water partition coefficient (Wildman–Crippen LogP) is 3.30. The van der Waals surface area contributed by atoms with Gasteiger partial charge in [-0.15, -0.1) is 0 Å². The van der Waals surface area contributed by atoms with Gasteiger partial charge in [-0.05, 0) is 37.8 Å². The molecular formula is C22H28N4O3. The third kappa shape index (κ3) is 4.91. The fourth-order valence-electron chi connectivity index (χ4n) is 4.08. The third-order valence-electron chi connectivity index (χ3n) is 5.28. The van der Waals surface area contributed by atoms with Crippen molar-refractivity contribution < 1.29 is 14.7 Å². The Kier molecular flexibility index (Phi) is 5.86. The average molecular weight is 396 g/mol. The first-order valence-electron chi connectivity index (χ1n) is 9.83. The minimum atomic E-state index is -0.889. The van der Waals surface area contributed by atoms with Crippen LogP contribution in [0, 0.1) is 19.3 Å². The summed E-state index contributed by atoms with van der Waals surface area (Å²) in [7, 11) is 0. The molecule has 7 nitrogen and oxygen atoms in total. The van der Waals surface area contributed by atoms with Crippen molar-refractivity contribution in [3.63, 3.8) is 0 Å². The van der Waals surface area contributed by atoms with Gasteiger partial charge in [0, 0.05) is 35.8 Å². The molecule has 0 fully saturated rings. The molecule has 0 bridgehead atoms. The normalized spacial score (nSPS) is 18.8. The van der Waals surface area contributed by atoms with E-state index in [9.17, 15) is 9.59 Å². The van der Waals surface area contributed by atoms with Crippen LogP contribution in [0.25, 0.3) is 5.82 Å². The molecule has 0 spiro atoms. The molecule has 29 heavy (non-hydrogen) atoms. The highest BCUT2D eigenvalue weighted by atomic mass is 16.4. The smallest absolute Gasteiger partial charge is 0.303 e. The van der Waals surface area contributed by atoms with Gasteiger partial charge < -0.3 is 10.4 Å². The van der Waals surface area contributed by atoms with Crippen molar-refractivity contribution in [1.29, 1.82) is 0 Å². The predicted molar refractivity (Wildman–Crippen MR) is 110 cm³/mol. The zero-order valence-corrected chi connectivity index (χ0v) is 17.3. The lowest BCUT2D eigenvalue weighted by Crippen LogP contribution is -2.36. The summed E-state index contributed by atoms with van der Waals surface area (Å²) in [6.45, 7) is 7.63. The van der Waals surface area contributed by atoms with Gasteiger partial charge in [-0.2, -0.15) is 5.10 Å². The van der Waals surface area contributed by atoms with Crippen LogP contribution in [-0.4, -0.2) is 37.8 Å². The first-order chi connectivity index (χ1) is 13.7. The maximum atomic E-state index is 12.4. The molecule has 7 heteroatoms. The fraction of sp³-hybridized carbons (Fsp3) is 0.455. The van der Waals surface area contributed by atoms with Crippen LogP contribution >= 0.6 is 0 Å². The van der Waals surface area contributed by atoms with Gasteiger partial charge in [-0.3, -0.25) is 9.59 Å². The number of carboxylic acid groups (broad SMARTS) is 1. The van der Waals surface area contributed by atoms with Crippen molar-refractivity contribution in [3.05, 3.63) is 53.5 Å². The van der Waals surface area contributed by atoms with E-state index in [4.69, 9.17) is 5.11 Å². The highest BCUT2D eigenvalue weighted by Gasteiger charge is 2.29. The molecule has 154 valence electrons. The third-order valence-corrected chi connectivity index (χ3v) is 5.28. The molecule has 2 aromatic rings. The second-order valence-electron chi connectivity index (χ2n) is 8.50. The van der Waals surface area contributed by atoms with E-state index < -0.39 is 11.4 Å². The SMILES string of the molecule is Cc1nn(-c2ccccn2)c(C)c1[C@H]1C=C[C@@H](NC(=O)CC(C)(C)CC(=O)O)C1. The van der Waals surface area contributed by atoms with Crippen LogP contribution < -0.4 is 5.32 Å². The van der Waals surface area contributed by atoms with Gasteiger partial charge in [-0.25, -0.2) is 9.67 Å². The van der Waals surface area contributed by atoms with Gasteiger partial charge >= 0.3 is 5.97 Å². The van der Waals surface area contributed by atoms with Crippen molar-refractivity contribution in [2.45, 2.75) is 58.9 Å². The fourth-order valence-corrected chi connectivity index (χ4v) is 4.08. The van der Waals surface area contributed by atoms with Crippen LogP contribution in [0.5, 0.6) is 0 Å². The number of carboxylic acids is 1. The van der Waals surface area contributed by atoms with Gasteiger partial charge in [0.15, 0.2) is 5.82 Å². The number of allylic oxidation sites excluding steroid dienone is 1. The number of carbonyl (C=O) groups excluding carboxylic acids is 1. The summed E-state index contributed by atoms with van der Waals surface area (Å²) in [4.78, 5) is 27.7. The number of aromatic nitrogens is 3. The Morgan fingerprint density at radius 2 is 2.00 bits per heavy atom. The van der Waals surface area contributed by atoms with Crippen LogP contribution in [0.15, 0.2) is 36.5 Å². The first kappa shape index (κ1) is 20.8. The highest BCUT2D eigenvalue weighted by Crippen LogP contribution is 2.34. The summed E-state index contributed by atoms with van der Waals surface area (Å²) >= 11 is 0. The van der Waals surface area contributed by atoms with E-state index in [-0.39, 0.29) is 30.7 Å². The summed E-state index contributed by atoms with van der Waals surface area (Å²) in [6, 6.07) is 5.67. The van der Waals surface area contributed by atoms with Crippen molar-refractivity contribution in [2.24, 2.45) is 5.41 Å². The van der Waals surface area contributed by atoms with Crippen molar-refractivity contribution in [3.8, 4) is 5.82 Å². The average Bonchev–Trinajstić information content (AvgIpc) is 3.17. The molecule has 0 saturated carbocycles. The Labute approximate surface area is 170 Å². The summed E-state index contributed by atoms with van der Waals surface area (Å²) in [5.41, 5.74) is 2.59. The quantitative estimate of drug-likeness (QED) is 0.700. The van der Waals surface area contributed by atoms with Gasteiger partial charge in [0.1, 0.15) is 0 Å². The summed E-state index contributed by atoms with van der Waals surface area (Å²) < 4.78 is 1.86. The number of aliphatic carboxylic acids is 1. The topological polar surface area (TPSA) is 97.1 Å². The number of rotatable bonds is 7. The van der Waals surface area contributed by atoms with Crippen LogP contribution in [0.1, 0.15) is 56.0 Å². The van der Waals surface area contributed by atoms with E-state index in [1.165, 1.54) is 0 Å².